The lowest BCUT2D eigenvalue weighted by molar-refractivity contribution is 0.0995. The van der Waals surface area contributed by atoms with Crippen LogP contribution >= 0.6 is 15.9 Å². The molecule has 0 bridgehead atoms. The number of benzene rings is 2. The van der Waals surface area contributed by atoms with Crippen molar-refractivity contribution in [2.45, 2.75) is 0 Å². The maximum Gasteiger partial charge on any atom is 0.291 e. The van der Waals surface area contributed by atoms with Crippen LogP contribution in [0.15, 0.2) is 69.8 Å². The Kier molecular flexibility index (Phi) is 4.95. The van der Waals surface area contributed by atoms with Crippen molar-refractivity contribution in [1.29, 1.82) is 0 Å². The van der Waals surface area contributed by atoms with Crippen molar-refractivity contribution in [3.8, 4) is 0 Å². The molecule has 0 saturated carbocycles. The number of anilines is 2. The smallest absolute Gasteiger partial charge is 0.291 e. The van der Waals surface area contributed by atoms with Crippen molar-refractivity contribution < 1.29 is 18.4 Å². The van der Waals surface area contributed by atoms with Gasteiger partial charge in [-0.25, -0.2) is 4.39 Å². The van der Waals surface area contributed by atoms with Crippen LogP contribution in [0.1, 0.15) is 20.9 Å². The molecule has 5 nitrogen and oxygen atoms in total. The molecule has 0 aliphatic rings. The third-order valence-electron chi connectivity index (χ3n) is 3.33. The van der Waals surface area contributed by atoms with Crippen LogP contribution in [0.2, 0.25) is 0 Å². The molecule has 3 rings (SSSR count). The van der Waals surface area contributed by atoms with Gasteiger partial charge in [0.1, 0.15) is 5.82 Å². The van der Waals surface area contributed by atoms with E-state index in [1.165, 1.54) is 30.5 Å². The van der Waals surface area contributed by atoms with Gasteiger partial charge in [-0.1, -0.05) is 15.9 Å². The zero-order valence-corrected chi connectivity index (χ0v) is 14.3. The van der Waals surface area contributed by atoms with Crippen LogP contribution in [0.25, 0.3) is 0 Å². The molecule has 0 saturated heterocycles. The quantitative estimate of drug-likeness (QED) is 0.664. The van der Waals surface area contributed by atoms with Gasteiger partial charge < -0.3 is 15.1 Å². The van der Waals surface area contributed by atoms with Crippen LogP contribution in [0, 0.1) is 5.82 Å². The van der Waals surface area contributed by atoms with E-state index in [4.69, 9.17) is 4.42 Å². The Balaban J connectivity index is 1.68. The van der Waals surface area contributed by atoms with E-state index in [9.17, 15) is 14.0 Å². The van der Waals surface area contributed by atoms with E-state index >= 15 is 0 Å². The van der Waals surface area contributed by atoms with E-state index in [0.717, 1.165) is 0 Å². The van der Waals surface area contributed by atoms with Gasteiger partial charge in [0, 0.05) is 15.7 Å². The average molecular weight is 403 g/mol. The number of amides is 2. The van der Waals surface area contributed by atoms with Crippen LogP contribution < -0.4 is 10.6 Å². The zero-order valence-electron chi connectivity index (χ0n) is 12.8. The van der Waals surface area contributed by atoms with Gasteiger partial charge in [-0.2, -0.15) is 0 Å². The number of carbonyl (C=O) groups is 2. The number of carbonyl (C=O) groups excluding carboxylic acids is 2. The highest BCUT2D eigenvalue weighted by molar-refractivity contribution is 9.10. The topological polar surface area (TPSA) is 71.3 Å². The Morgan fingerprint density at radius 2 is 1.72 bits per heavy atom. The van der Waals surface area contributed by atoms with Crippen LogP contribution in [0.3, 0.4) is 0 Å². The largest absolute Gasteiger partial charge is 0.459 e. The summed E-state index contributed by atoms with van der Waals surface area (Å²) in [6.45, 7) is 0. The van der Waals surface area contributed by atoms with Crippen LogP contribution in [-0.2, 0) is 0 Å². The van der Waals surface area contributed by atoms with Crippen molar-refractivity contribution in [2.24, 2.45) is 0 Å². The van der Waals surface area contributed by atoms with E-state index < -0.39 is 17.6 Å². The second kappa shape index (κ2) is 7.31. The Hall–Kier alpha value is -2.93. The summed E-state index contributed by atoms with van der Waals surface area (Å²) in [5, 5.41) is 5.15. The van der Waals surface area contributed by atoms with Gasteiger partial charge in [-0.3, -0.25) is 9.59 Å². The fraction of sp³-hybridized carbons (Fsp3) is 0. The molecule has 126 valence electrons. The number of halogens is 2. The SMILES string of the molecule is O=C(Nc1cc(Br)ccc1F)c1ccc(NC(=O)c2ccco2)cc1. The van der Waals surface area contributed by atoms with E-state index in [1.54, 1.807) is 30.3 Å². The molecule has 1 heterocycles. The molecule has 2 N–H and O–H groups in total. The first-order valence-corrected chi connectivity index (χ1v) is 8.03. The summed E-state index contributed by atoms with van der Waals surface area (Å²) >= 11 is 3.23. The molecule has 0 unspecified atom stereocenters. The third kappa shape index (κ3) is 4.13. The van der Waals surface area contributed by atoms with Gasteiger partial charge in [0.05, 0.1) is 12.0 Å². The van der Waals surface area contributed by atoms with E-state index in [0.29, 0.717) is 15.7 Å². The second-order valence-electron chi connectivity index (χ2n) is 5.09. The minimum absolute atomic E-state index is 0.0783. The van der Waals surface area contributed by atoms with Crippen LogP contribution in [-0.4, -0.2) is 11.8 Å². The monoisotopic (exact) mass is 402 g/mol. The maximum absolute atomic E-state index is 13.7. The lowest BCUT2D eigenvalue weighted by Crippen LogP contribution is -2.14. The Labute approximate surface area is 151 Å². The van der Waals surface area contributed by atoms with Gasteiger partial charge in [0.25, 0.3) is 11.8 Å². The lowest BCUT2D eigenvalue weighted by atomic mass is 10.2. The van der Waals surface area contributed by atoms with E-state index in [-0.39, 0.29) is 11.4 Å². The van der Waals surface area contributed by atoms with Crippen molar-refractivity contribution in [1.82, 2.24) is 0 Å². The van der Waals surface area contributed by atoms with Gasteiger partial charge >= 0.3 is 0 Å². The maximum atomic E-state index is 13.7. The normalized spacial score (nSPS) is 10.3. The zero-order chi connectivity index (χ0) is 17.8. The number of furan rings is 1. The van der Waals surface area contributed by atoms with E-state index in [2.05, 4.69) is 26.6 Å². The molecule has 0 aliphatic heterocycles. The third-order valence-corrected chi connectivity index (χ3v) is 3.82. The van der Waals surface area contributed by atoms with E-state index in [1.807, 2.05) is 0 Å². The minimum Gasteiger partial charge on any atom is -0.459 e. The number of rotatable bonds is 4. The fourth-order valence-electron chi connectivity index (χ4n) is 2.09. The summed E-state index contributed by atoms with van der Waals surface area (Å²) < 4.78 is 19.3. The van der Waals surface area contributed by atoms with Crippen LogP contribution in [0.4, 0.5) is 15.8 Å². The molecule has 0 fully saturated rings. The fourth-order valence-corrected chi connectivity index (χ4v) is 2.45. The summed E-state index contributed by atoms with van der Waals surface area (Å²) in [5.41, 5.74) is 0.913. The molecule has 0 atom stereocenters. The summed E-state index contributed by atoms with van der Waals surface area (Å²) in [7, 11) is 0. The average Bonchev–Trinajstić information content (AvgIpc) is 3.13. The molecule has 0 radical (unpaired) electrons. The molecule has 3 aromatic rings. The van der Waals surface area contributed by atoms with Crippen LogP contribution in [0.5, 0.6) is 0 Å². The molecule has 2 aromatic carbocycles. The Bertz CT molecular complexity index is 909. The Morgan fingerprint density at radius 1 is 0.960 bits per heavy atom. The van der Waals surface area contributed by atoms with Gasteiger partial charge in [0.2, 0.25) is 0 Å². The summed E-state index contributed by atoms with van der Waals surface area (Å²) in [6.07, 6.45) is 1.41. The van der Waals surface area contributed by atoms with Crippen molar-refractivity contribution in [3.63, 3.8) is 0 Å². The number of nitrogens with one attached hydrogen (secondary N) is 2. The highest BCUT2D eigenvalue weighted by atomic mass is 79.9. The second-order valence-corrected chi connectivity index (χ2v) is 6.00. The minimum atomic E-state index is -0.529. The highest BCUT2D eigenvalue weighted by Crippen LogP contribution is 2.21. The standard InChI is InChI=1S/C18H12BrFN2O3/c19-12-5-8-14(20)15(10-12)22-17(23)11-3-6-13(7-4-11)21-18(24)16-2-1-9-25-16/h1-10H,(H,21,24)(H,22,23). The molecule has 7 heteroatoms. The first-order valence-electron chi connectivity index (χ1n) is 7.24. The first-order chi connectivity index (χ1) is 12.0. The van der Waals surface area contributed by atoms with Crippen molar-refractivity contribution >= 4 is 39.1 Å². The molecule has 0 aliphatic carbocycles. The lowest BCUT2D eigenvalue weighted by Gasteiger charge is -2.08. The first kappa shape index (κ1) is 16.9. The molecule has 25 heavy (non-hydrogen) atoms. The Morgan fingerprint density at radius 3 is 2.40 bits per heavy atom. The van der Waals surface area contributed by atoms with Gasteiger partial charge in [0.15, 0.2) is 5.76 Å². The number of hydrogen-bond acceptors (Lipinski definition) is 3. The molecular formula is C18H12BrFN2O3. The molecular weight excluding hydrogens is 391 g/mol. The molecule has 1 aromatic heterocycles. The predicted octanol–water partition coefficient (Wildman–Crippen LogP) is 4.69. The number of hydrogen-bond donors (Lipinski definition) is 2. The summed E-state index contributed by atoms with van der Waals surface area (Å²) in [5.74, 6) is -1.19. The summed E-state index contributed by atoms with van der Waals surface area (Å²) in [4.78, 5) is 24.1. The highest BCUT2D eigenvalue weighted by Gasteiger charge is 2.12. The van der Waals surface area contributed by atoms with Gasteiger partial charge in [-0.15, -0.1) is 0 Å². The van der Waals surface area contributed by atoms with Crippen molar-refractivity contribution in [3.05, 3.63) is 82.5 Å². The van der Waals surface area contributed by atoms with Crippen molar-refractivity contribution in [2.75, 3.05) is 10.6 Å². The predicted molar refractivity (Wildman–Crippen MR) is 95.2 cm³/mol. The molecule has 0 spiro atoms. The van der Waals surface area contributed by atoms with Gasteiger partial charge in [-0.05, 0) is 54.6 Å². The summed E-state index contributed by atoms with van der Waals surface area (Å²) in [6, 6.07) is 13.7. The molecule has 2 amide bonds.